The van der Waals surface area contributed by atoms with Gasteiger partial charge in [0.15, 0.2) is 23.3 Å². The second-order valence-electron chi connectivity index (χ2n) is 4.29. The van der Waals surface area contributed by atoms with Crippen LogP contribution in [0, 0.1) is 36.0 Å². The van der Waals surface area contributed by atoms with Gasteiger partial charge in [0.2, 0.25) is 0 Å². The highest BCUT2D eigenvalue weighted by Gasteiger charge is 2.19. The third-order valence-corrected chi connectivity index (χ3v) is 2.77. The summed E-state index contributed by atoms with van der Waals surface area (Å²) in [4.78, 5) is 0. The van der Waals surface area contributed by atoms with Gasteiger partial charge in [0, 0.05) is 18.2 Å². The molecule has 0 aliphatic carbocycles. The maximum atomic E-state index is 13.5. The van der Waals surface area contributed by atoms with Gasteiger partial charge in [0.25, 0.3) is 0 Å². The van der Waals surface area contributed by atoms with Gasteiger partial charge in [-0.2, -0.15) is 0 Å². The summed E-state index contributed by atoms with van der Waals surface area (Å²) in [7, 11) is 0. The molecular formula is C14H10F5N. The molecule has 0 aromatic heterocycles. The lowest BCUT2D eigenvalue weighted by atomic mass is 10.1. The lowest BCUT2D eigenvalue weighted by molar-refractivity contribution is 0.458. The van der Waals surface area contributed by atoms with Gasteiger partial charge < -0.3 is 5.32 Å². The molecule has 1 N–H and O–H groups in total. The zero-order chi connectivity index (χ0) is 14.9. The number of hydrogen-bond acceptors (Lipinski definition) is 1. The molecule has 0 atom stereocenters. The van der Waals surface area contributed by atoms with Crippen LogP contribution in [0.3, 0.4) is 0 Å². The van der Waals surface area contributed by atoms with E-state index >= 15 is 0 Å². The number of nitrogens with one attached hydrogen (secondary N) is 1. The van der Waals surface area contributed by atoms with E-state index in [0.717, 1.165) is 5.56 Å². The quantitative estimate of drug-likeness (QED) is 0.655. The Balaban J connectivity index is 2.30. The molecule has 106 valence electrons. The fourth-order valence-corrected chi connectivity index (χ4v) is 1.75. The molecule has 6 heteroatoms. The van der Waals surface area contributed by atoms with E-state index in [2.05, 4.69) is 5.32 Å². The van der Waals surface area contributed by atoms with Crippen molar-refractivity contribution in [2.75, 3.05) is 5.32 Å². The number of anilines is 1. The summed E-state index contributed by atoms with van der Waals surface area (Å²) < 4.78 is 66.2. The van der Waals surface area contributed by atoms with E-state index in [0.29, 0.717) is 0 Å². The van der Waals surface area contributed by atoms with Gasteiger partial charge in [0.05, 0.1) is 0 Å². The highest BCUT2D eigenvalue weighted by molar-refractivity contribution is 5.48. The Kier molecular flexibility index (Phi) is 3.92. The number of rotatable bonds is 3. The molecule has 0 heterocycles. The van der Waals surface area contributed by atoms with E-state index in [1.54, 1.807) is 6.92 Å². The Morgan fingerprint density at radius 2 is 1.45 bits per heavy atom. The summed E-state index contributed by atoms with van der Waals surface area (Å²) >= 11 is 0. The van der Waals surface area contributed by atoms with Gasteiger partial charge in [0.1, 0.15) is 11.5 Å². The van der Waals surface area contributed by atoms with Crippen LogP contribution in [0.25, 0.3) is 0 Å². The van der Waals surface area contributed by atoms with Crippen molar-refractivity contribution in [3.63, 3.8) is 0 Å². The summed E-state index contributed by atoms with van der Waals surface area (Å²) in [6.45, 7) is 1.41. The Morgan fingerprint density at radius 1 is 0.850 bits per heavy atom. The molecular weight excluding hydrogens is 277 g/mol. The molecule has 0 aliphatic heterocycles. The number of halogens is 5. The maximum Gasteiger partial charge on any atom is 0.185 e. The third kappa shape index (κ3) is 2.74. The first kappa shape index (κ1) is 14.3. The third-order valence-electron chi connectivity index (χ3n) is 2.77. The number of hydrogen-bond donors (Lipinski definition) is 1. The molecule has 2 aromatic carbocycles. The van der Waals surface area contributed by atoms with Gasteiger partial charge >= 0.3 is 0 Å². The van der Waals surface area contributed by atoms with E-state index in [9.17, 15) is 22.0 Å². The van der Waals surface area contributed by atoms with Crippen molar-refractivity contribution >= 4 is 5.69 Å². The first-order valence-corrected chi connectivity index (χ1v) is 5.72. The van der Waals surface area contributed by atoms with E-state index in [1.165, 1.54) is 18.2 Å². The van der Waals surface area contributed by atoms with Crippen LogP contribution in [0.5, 0.6) is 0 Å². The molecule has 2 aromatic rings. The smallest absolute Gasteiger partial charge is 0.185 e. The fourth-order valence-electron chi connectivity index (χ4n) is 1.75. The molecule has 2 rings (SSSR count). The van der Waals surface area contributed by atoms with Crippen molar-refractivity contribution in [3.05, 3.63) is 64.5 Å². The van der Waals surface area contributed by atoms with Crippen LogP contribution in [-0.2, 0) is 6.54 Å². The summed E-state index contributed by atoms with van der Waals surface area (Å²) in [5.74, 6) is -6.71. The molecule has 0 aliphatic rings. The second kappa shape index (κ2) is 5.48. The SMILES string of the molecule is Cc1ccc(F)c(CNc2c(F)c(F)cc(F)c2F)c1. The zero-order valence-electron chi connectivity index (χ0n) is 10.4. The highest BCUT2D eigenvalue weighted by Crippen LogP contribution is 2.25. The highest BCUT2D eigenvalue weighted by atomic mass is 19.2. The molecule has 0 saturated carbocycles. The van der Waals surface area contributed by atoms with Crippen LogP contribution in [0.15, 0.2) is 24.3 Å². The van der Waals surface area contributed by atoms with Gasteiger partial charge in [-0.25, -0.2) is 22.0 Å². The van der Waals surface area contributed by atoms with Crippen molar-refractivity contribution < 1.29 is 22.0 Å². The standard InChI is InChI=1S/C14H10F5N/c1-7-2-3-9(15)8(4-7)6-20-14-12(18)10(16)5-11(17)13(14)19/h2-5,20H,6H2,1H3. The molecule has 0 unspecified atom stereocenters. The average Bonchev–Trinajstić information content (AvgIpc) is 2.40. The minimum absolute atomic E-state index is 0.114. The first-order chi connectivity index (χ1) is 9.40. The van der Waals surface area contributed by atoms with E-state index < -0.39 is 34.8 Å². The van der Waals surface area contributed by atoms with Crippen LogP contribution < -0.4 is 5.32 Å². The molecule has 20 heavy (non-hydrogen) atoms. The maximum absolute atomic E-state index is 13.5. The number of benzene rings is 2. The minimum Gasteiger partial charge on any atom is -0.376 e. The number of aryl methyl sites for hydroxylation is 1. The monoisotopic (exact) mass is 287 g/mol. The molecule has 0 radical (unpaired) electrons. The molecule has 0 amide bonds. The summed E-state index contributed by atoms with van der Waals surface area (Å²) in [5, 5.41) is 2.18. The average molecular weight is 287 g/mol. The van der Waals surface area contributed by atoms with Crippen molar-refractivity contribution in [2.24, 2.45) is 0 Å². The predicted octanol–water partition coefficient (Wildman–Crippen LogP) is 4.30. The second-order valence-corrected chi connectivity index (χ2v) is 4.29. The summed E-state index contributed by atoms with van der Waals surface area (Å²) in [5.41, 5.74) is -0.0774. The summed E-state index contributed by atoms with van der Waals surface area (Å²) in [6, 6.07) is 4.31. The molecule has 0 fully saturated rings. The van der Waals surface area contributed by atoms with Crippen molar-refractivity contribution in [2.45, 2.75) is 13.5 Å². The van der Waals surface area contributed by atoms with Gasteiger partial charge in [-0.15, -0.1) is 0 Å². The molecule has 1 nitrogen and oxygen atoms in total. The largest absolute Gasteiger partial charge is 0.376 e. The Morgan fingerprint density at radius 3 is 2.05 bits per heavy atom. The van der Waals surface area contributed by atoms with Crippen LogP contribution in [0.2, 0.25) is 0 Å². The van der Waals surface area contributed by atoms with Crippen molar-refractivity contribution in [3.8, 4) is 0 Å². The van der Waals surface area contributed by atoms with Crippen molar-refractivity contribution in [1.29, 1.82) is 0 Å². The van der Waals surface area contributed by atoms with E-state index in [4.69, 9.17) is 0 Å². The fraction of sp³-hybridized carbons (Fsp3) is 0.143. The Hall–Kier alpha value is -2.11. The lowest BCUT2D eigenvalue weighted by Crippen LogP contribution is -2.08. The topological polar surface area (TPSA) is 12.0 Å². The predicted molar refractivity (Wildman–Crippen MR) is 64.7 cm³/mol. The Bertz CT molecular complexity index is 628. The van der Waals surface area contributed by atoms with Crippen LogP contribution in [0.4, 0.5) is 27.6 Å². The van der Waals surface area contributed by atoms with Crippen LogP contribution >= 0.6 is 0 Å². The zero-order valence-corrected chi connectivity index (χ0v) is 10.4. The first-order valence-electron chi connectivity index (χ1n) is 5.72. The van der Waals surface area contributed by atoms with E-state index in [-0.39, 0.29) is 18.2 Å². The van der Waals surface area contributed by atoms with Gasteiger partial charge in [-0.05, 0) is 13.0 Å². The van der Waals surface area contributed by atoms with E-state index in [1.807, 2.05) is 0 Å². The molecule has 0 spiro atoms. The van der Waals surface area contributed by atoms with Crippen LogP contribution in [-0.4, -0.2) is 0 Å². The normalized spacial score (nSPS) is 10.7. The van der Waals surface area contributed by atoms with Gasteiger partial charge in [-0.3, -0.25) is 0 Å². The molecule has 0 saturated heterocycles. The summed E-state index contributed by atoms with van der Waals surface area (Å²) in [6.07, 6.45) is 0. The Labute approximate surface area is 112 Å². The van der Waals surface area contributed by atoms with Crippen LogP contribution in [0.1, 0.15) is 11.1 Å². The van der Waals surface area contributed by atoms with Gasteiger partial charge in [-0.1, -0.05) is 17.7 Å². The minimum atomic E-state index is -1.54. The van der Waals surface area contributed by atoms with Crippen molar-refractivity contribution in [1.82, 2.24) is 0 Å². The lowest BCUT2D eigenvalue weighted by Gasteiger charge is -2.11. The molecule has 0 bridgehead atoms.